The van der Waals surface area contributed by atoms with Gasteiger partial charge < -0.3 is 15.7 Å². The third-order valence-corrected chi connectivity index (χ3v) is 4.52. The molecule has 5 heteroatoms. The third-order valence-electron chi connectivity index (χ3n) is 4.52. The van der Waals surface area contributed by atoms with Crippen molar-refractivity contribution in [3.05, 3.63) is 29.8 Å². The van der Waals surface area contributed by atoms with Crippen molar-refractivity contribution >= 4 is 17.5 Å². The van der Waals surface area contributed by atoms with E-state index >= 15 is 0 Å². The van der Waals surface area contributed by atoms with E-state index < -0.39 is 11.5 Å². The summed E-state index contributed by atoms with van der Waals surface area (Å²) < 4.78 is 0. The van der Waals surface area contributed by atoms with Gasteiger partial charge in [-0.3, -0.25) is 9.59 Å². The summed E-state index contributed by atoms with van der Waals surface area (Å²) in [5.41, 5.74) is 0.362. The first-order valence-corrected chi connectivity index (χ1v) is 8.66. The Kier molecular flexibility index (Phi) is 5.99. The molecule has 2 rings (SSSR count). The summed E-state index contributed by atoms with van der Waals surface area (Å²) in [7, 11) is 0. The molecule has 0 aromatic heterocycles. The lowest BCUT2D eigenvalue weighted by Crippen LogP contribution is -2.36. The average Bonchev–Trinajstić information content (AvgIpc) is 3.06. The Labute approximate surface area is 143 Å². The fraction of sp³-hybridized carbons (Fsp3) is 0.579. The van der Waals surface area contributed by atoms with Crippen molar-refractivity contribution in [3.63, 3.8) is 0 Å². The largest absolute Gasteiger partial charge is 0.391 e. The van der Waals surface area contributed by atoms with E-state index in [0.717, 1.165) is 25.7 Å². The highest BCUT2D eigenvalue weighted by Crippen LogP contribution is 2.27. The predicted octanol–water partition coefficient (Wildman–Crippen LogP) is 2.95. The van der Waals surface area contributed by atoms with Crippen LogP contribution in [0.3, 0.4) is 0 Å². The lowest BCUT2D eigenvalue weighted by atomic mass is 9.95. The normalized spacial score (nSPS) is 16.7. The van der Waals surface area contributed by atoms with Crippen LogP contribution in [0.4, 0.5) is 5.69 Å². The standard InChI is InChI=1S/C19H28N2O3/c1-19(2,3)18(24)21-15-11-7-6-10-14(15)17(23)20-12-16(22)13-8-4-5-9-13/h6-7,10-11,13,16,22H,4-5,8-9,12H2,1-3H3,(H,20,23)(H,21,24). The van der Waals surface area contributed by atoms with Gasteiger partial charge in [0.15, 0.2) is 0 Å². The van der Waals surface area contributed by atoms with Crippen LogP contribution in [0.1, 0.15) is 56.8 Å². The van der Waals surface area contributed by atoms with Crippen LogP contribution in [0.2, 0.25) is 0 Å². The summed E-state index contributed by atoms with van der Waals surface area (Å²) in [4.78, 5) is 24.6. The second-order valence-electron chi connectivity index (χ2n) is 7.57. The Morgan fingerprint density at radius 3 is 2.46 bits per heavy atom. The fourth-order valence-corrected chi connectivity index (χ4v) is 2.90. The highest BCUT2D eigenvalue weighted by Gasteiger charge is 2.25. The zero-order valence-corrected chi connectivity index (χ0v) is 14.8. The van der Waals surface area contributed by atoms with Gasteiger partial charge >= 0.3 is 0 Å². The van der Waals surface area contributed by atoms with Crippen molar-refractivity contribution in [1.29, 1.82) is 0 Å². The number of para-hydroxylation sites is 1. The molecule has 0 radical (unpaired) electrons. The molecular formula is C19H28N2O3. The smallest absolute Gasteiger partial charge is 0.253 e. The summed E-state index contributed by atoms with van der Waals surface area (Å²) in [5, 5.41) is 15.8. The molecule has 3 N–H and O–H groups in total. The second-order valence-corrected chi connectivity index (χ2v) is 7.57. The van der Waals surface area contributed by atoms with Crippen LogP contribution in [0.25, 0.3) is 0 Å². The minimum atomic E-state index is -0.539. The van der Waals surface area contributed by atoms with Crippen LogP contribution in [-0.4, -0.2) is 29.6 Å². The van der Waals surface area contributed by atoms with E-state index in [4.69, 9.17) is 0 Å². The monoisotopic (exact) mass is 332 g/mol. The molecule has 1 aromatic carbocycles. The summed E-state index contributed by atoms with van der Waals surface area (Å²) >= 11 is 0. The van der Waals surface area contributed by atoms with Gasteiger partial charge in [-0.05, 0) is 30.9 Å². The number of rotatable bonds is 5. The van der Waals surface area contributed by atoms with E-state index in [-0.39, 0.29) is 24.3 Å². The predicted molar refractivity (Wildman–Crippen MR) is 94.8 cm³/mol. The first kappa shape index (κ1) is 18.5. The number of amides is 2. The molecule has 0 saturated heterocycles. The summed E-state index contributed by atoms with van der Waals surface area (Å²) in [6.07, 6.45) is 3.84. The molecule has 0 spiro atoms. The molecule has 5 nitrogen and oxygen atoms in total. The van der Waals surface area contributed by atoms with Crippen molar-refractivity contribution in [2.45, 2.75) is 52.6 Å². The molecule has 0 bridgehead atoms. The topological polar surface area (TPSA) is 78.4 Å². The molecule has 24 heavy (non-hydrogen) atoms. The number of anilines is 1. The quantitative estimate of drug-likeness (QED) is 0.776. The first-order valence-electron chi connectivity index (χ1n) is 8.66. The molecule has 132 valence electrons. The van der Waals surface area contributed by atoms with Gasteiger partial charge in [0.25, 0.3) is 5.91 Å². The molecule has 0 heterocycles. The Balaban J connectivity index is 2.00. The van der Waals surface area contributed by atoms with E-state index in [0.29, 0.717) is 11.3 Å². The number of benzene rings is 1. The summed E-state index contributed by atoms with van der Waals surface area (Å²) in [6.45, 7) is 5.71. The van der Waals surface area contributed by atoms with Crippen LogP contribution in [0.5, 0.6) is 0 Å². The lowest BCUT2D eigenvalue weighted by molar-refractivity contribution is -0.123. The van der Waals surface area contributed by atoms with E-state index in [1.807, 2.05) is 20.8 Å². The van der Waals surface area contributed by atoms with E-state index in [1.54, 1.807) is 24.3 Å². The molecule has 1 saturated carbocycles. The first-order chi connectivity index (χ1) is 11.3. The number of aliphatic hydroxyl groups is 1. The van der Waals surface area contributed by atoms with Crippen LogP contribution in [0, 0.1) is 11.3 Å². The SMILES string of the molecule is CC(C)(C)C(=O)Nc1ccccc1C(=O)NCC(O)C1CCCC1. The maximum absolute atomic E-state index is 12.4. The van der Waals surface area contributed by atoms with Crippen LogP contribution in [0.15, 0.2) is 24.3 Å². The molecule has 1 atom stereocenters. The van der Waals surface area contributed by atoms with Gasteiger partial charge in [0.05, 0.1) is 17.4 Å². The molecule has 1 aliphatic carbocycles. The Bertz CT molecular complexity index is 587. The second kappa shape index (κ2) is 7.79. The molecule has 1 unspecified atom stereocenters. The Morgan fingerprint density at radius 1 is 1.21 bits per heavy atom. The van der Waals surface area contributed by atoms with Crippen LogP contribution in [-0.2, 0) is 4.79 Å². The third kappa shape index (κ3) is 4.81. The molecular weight excluding hydrogens is 304 g/mol. The van der Waals surface area contributed by atoms with Crippen molar-refractivity contribution in [2.75, 3.05) is 11.9 Å². The van der Waals surface area contributed by atoms with Gasteiger partial charge in [0, 0.05) is 12.0 Å². The Morgan fingerprint density at radius 2 is 1.83 bits per heavy atom. The number of carbonyl (C=O) groups excluding carboxylic acids is 2. The zero-order chi connectivity index (χ0) is 17.7. The van der Waals surface area contributed by atoms with Gasteiger partial charge in [-0.1, -0.05) is 45.7 Å². The summed E-state index contributed by atoms with van der Waals surface area (Å²) in [6, 6.07) is 6.93. The summed E-state index contributed by atoms with van der Waals surface area (Å²) in [5.74, 6) is -0.147. The highest BCUT2D eigenvalue weighted by atomic mass is 16.3. The molecule has 1 aromatic rings. The number of hydrogen-bond donors (Lipinski definition) is 3. The van der Waals surface area contributed by atoms with Crippen LogP contribution >= 0.6 is 0 Å². The fourth-order valence-electron chi connectivity index (χ4n) is 2.90. The minimum absolute atomic E-state index is 0.145. The number of hydrogen-bond acceptors (Lipinski definition) is 3. The number of aliphatic hydroxyl groups excluding tert-OH is 1. The van der Waals surface area contributed by atoms with Gasteiger partial charge in [-0.15, -0.1) is 0 Å². The van der Waals surface area contributed by atoms with E-state index in [1.165, 1.54) is 0 Å². The van der Waals surface area contributed by atoms with Crippen molar-refractivity contribution < 1.29 is 14.7 Å². The Hall–Kier alpha value is -1.88. The molecule has 0 aliphatic heterocycles. The number of nitrogens with one attached hydrogen (secondary N) is 2. The van der Waals surface area contributed by atoms with Crippen molar-refractivity contribution in [2.24, 2.45) is 11.3 Å². The van der Waals surface area contributed by atoms with Crippen molar-refractivity contribution in [1.82, 2.24) is 5.32 Å². The maximum Gasteiger partial charge on any atom is 0.253 e. The van der Waals surface area contributed by atoms with Gasteiger partial charge in [0.1, 0.15) is 0 Å². The maximum atomic E-state index is 12.4. The number of carbonyl (C=O) groups is 2. The van der Waals surface area contributed by atoms with Crippen molar-refractivity contribution in [3.8, 4) is 0 Å². The molecule has 2 amide bonds. The van der Waals surface area contributed by atoms with Gasteiger partial charge in [-0.25, -0.2) is 0 Å². The average molecular weight is 332 g/mol. The lowest BCUT2D eigenvalue weighted by Gasteiger charge is -2.20. The van der Waals surface area contributed by atoms with E-state index in [2.05, 4.69) is 10.6 Å². The molecule has 1 fully saturated rings. The highest BCUT2D eigenvalue weighted by molar-refractivity contribution is 6.04. The van der Waals surface area contributed by atoms with Crippen LogP contribution < -0.4 is 10.6 Å². The zero-order valence-electron chi connectivity index (χ0n) is 14.8. The van der Waals surface area contributed by atoms with Gasteiger partial charge in [0.2, 0.25) is 5.91 Å². The van der Waals surface area contributed by atoms with E-state index in [9.17, 15) is 14.7 Å². The van der Waals surface area contributed by atoms with Gasteiger partial charge in [-0.2, -0.15) is 0 Å². The minimum Gasteiger partial charge on any atom is -0.391 e. The molecule has 1 aliphatic rings.